The largest absolute Gasteiger partial charge is 0.444 e. The molecular formula is C29H44N4O8S. The molecule has 0 radical (unpaired) electrons. The molecule has 0 saturated heterocycles. The highest BCUT2D eigenvalue weighted by Gasteiger charge is 2.46. The first-order chi connectivity index (χ1) is 19.1. The summed E-state index contributed by atoms with van der Waals surface area (Å²) in [5, 5.41) is 31.6. The molecular weight excluding hydrogens is 564 g/mol. The summed E-state index contributed by atoms with van der Waals surface area (Å²) in [5.74, 6) is 0. The van der Waals surface area contributed by atoms with Crippen LogP contribution in [0.2, 0.25) is 0 Å². The number of nitro groups is 2. The van der Waals surface area contributed by atoms with Gasteiger partial charge < -0.3 is 20.1 Å². The van der Waals surface area contributed by atoms with E-state index in [-0.39, 0.29) is 11.3 Å². The van der Waals surface area contributed by atoms with Crippen LogP contribution in [0.1, 0.15) is 98.9 Å². The van der Waals surface area contributed by atoms with Gasteiger partial charge in [0, 0.05) is 37.0 Å². The lowest BCUT2D eigenvalue weighted by Gasteiger charge is -2.31. The zero-order chi connectivity index (χ0) is 32.5. The van der Waals surface area contributed by atoms with Crippen LogP contribution in [0, 0.1) is 20.2 Å². The van der Waals surface area contributed by atoms with Crippen LogP contribution in [0.3, 0.4) is 0 Å². The Hall–Kier alpha value is -3.74. The van der Waals surface area contributed by atoms with E-state index >= 15 is 0 Å². The maximum Gasteiger partial charge on any atom is 0.408 e. The molecule has 42 heavy (non-hydrogen) atoms. The minimum Gasteiger partial charge on any atom is -0.444 e. The second kappa shape index (κ2) is 14.4. The molecule has 2 unspecified atom stereocenters. The molecule has 0 saturated carbocycles. The molecule has 0 fully saturated rings. The van der Waals surface area contributed by atoms with Crippen LogP contribution in [0.15, 0.2) is 47.2 Å². The summed E-state index contributed by atoms with van der Waals surface area (Å²) in [7, 11) is 0. The van der Waals surface area contributed by atoms with Crippen molar-refractivity contribution in [2.24, 2.45) is 0 Å². The van der Waals surface area contributed by atoms with Gasteiger partial charge in [0.2, 0.25) is 11.1 Å². The minimum atomic E-state index is -1.34. The average Bonchev–Trinajstić information content (AvgIpc) is 3.38. The molecule has 0 aliphatic carbocycles. The van der Waals surface area contributed by atoms with Gasteiger partial charge in [-0.15, -0.1) is 0 Å². The van der Waals surface area contributed by atoms with Crippen molar-refractivity contribution in [3.8, 4) is 0 Å². The van der Waals surface area contributed by atoms with Crippen LogP contribution in [-0.2, 0) is 9.47 Å². The fourth-order valence-electron chi connectivity index (χ4n) is 3.75. The summed E-state index contributed by atoms with van der Waals surface area (Å²) in [5.41, 5.74) is -2.60. The Labute approximate surface area is 251 Å². The van der Waals surface area contributed by atoms with Crippen molar-refractivity contribution in [1.29, 1.82) is 0 Å². The summed E-state index contributed by atoms with van der Waals surface area (Å²) in [6.45, 7) is 16.7. The van der Waals surface area contributed by atoms with E-state index < -0.39 is 51.5 Å². The number of hydrogen-bond acceptors (Lipinski definition) is 9. The molecule has 2 N–H and O–H groups in total. The van der Waals surface area contributed by atoms with Crippen LogP contribution < -0.4 is 10.6 Å². The van der Waals surface area contributed by atoms with E-state index in [0.717, 1.165) is 0 Å². The van der Waals surface area contributed by atoms with E-state index in [4.69, 9.17) is 9.47 Å². The van der Waals surface area contributed by atoms with Crippen molar-refractivity contribution in [2.45, 2.75) is 110 Å². The third kappa shape index (κ3) is 10.9. The van der Waals surface area contributed by atoms with E-state index in [1.165, 1.54) is 32.1 Å². The maximum absolute atomic E-state index is 12.1. The first kappa shape index (κ1) is 36.3. The number of thiophene rings is 1. The molecule has 3 atom stereocenters. The van der Waals surface area contributed by atoms with Gasteiger partial charge in [-0.1, -0.05) is 37.3 Å². The molecule has 13 heteroatoms. The van der Waals surface area contributed by atoms with Crippen molar-refractivity contribution >= 4 is 23.5 Å². The Morgan fingerprint density at radius 2 is 1.26 bits per heavy atom. The van der Waals surface area contributed by atoms with Crippen LogP contribution >= 0.6 is 11.3 Å². The summed E-state index contributed by atoms with van der Waals surface area (Å²) in [6.07, 6.45) is -1.05. The molecule has 2 amide bonds. The predicted octanol–water partition coefficient (Wildman–Crippen LogP) is 7.07. The molecule has 0 spiro atoms. The Kier molecular flexibility index (Phi) is 12.5. The third-order valence-electron chi connectivity index (χ3n) is 6.26. The normalized spacial score (nSPS) is 14.6. The van der Waals surface area contributed by atoms with Gasteiger partial charge in [0.05, 0.1) is 0 Å². The number of amides is 2. The highest BCUT2D eigenvalue weighted by Crippen LogP contribution is 2.32. The number of nitrogens with zero attached hydrogens (tertiary/aromatic N) is 2. The number of carbonyl (C=O) groups excluding carboxylic acids is 2. The van der Waals surface area contributed by atoms with E-state index in [1.807, 2.05) is 11.4 Å². The van der Waals surface area contributed by atoms with Crippen LogP contribution in [0.5, 0.6) is 0 Å². The van der Waals surface area contributed by atoms with Gasteiger partial charge in [-0.05, 0) is 69.5 Å². The van der Waals surface area contributed by atoms with Crippen molar-refractivity contribution in [1.82, 2.24) is 10.6 Å². The summed E-state index contributed by atoms with van der Waals surface area (Å²) in [6, 6.07) is 9.16. The molecule has 2 aromatic rings. The Bertz CT molecular complexity index is 1190. The standard InChI is InChI=1S/C16H24N2O4.C13H20N2O4S/c1-6-16(5,18(20)21)13(12-10-8-7-9-11-12)17-14(19)22-15(2,3)4;1-12(2,3)19-11(16)14-10(9-6-7-20-8-9)13(4,5)15(17)18/h7-11,13H,6H2,1-5H3,(H,17,19);6-8,10H,1-5H3,(H,14,16)/t13?,16-;/m1./s1. The second-order valence-corrected chi connectivity index (χ2v) is 13.3. The average molecular weight is 609 g/mol. The van der Waals surface area contributed by atoms with Gasteiger partial charge in [0.25, 0.3) is 0 Å². The van der Waals surface area contributed by atoms with Crippen LogP contribution in [-0.4, -0.2) is 44.3 Å². The Balaban J connectivity index is 0.000000422. The van der Waals surface area contributed by atoms with Gasteiger partial charge in [-0.2, -0.15) is 11.3 Å². The molecule has 1 aromatic carbocycles. The van der Waals surface area contributed by atoms with Gasteiger partial charge in [-0.25, -0.2) is 9.59 Å². The monoisotopic (exact) mass is 608 g/mol. The quantitative estimate of drug-likeness (QED) is 0.225. The third-order valence-corrected chi connectivity index (χ3v) is 6.96. The van der Waals surface area contributed by atoms with Crippen LogP contribution in [0.4, 0.5) is 9.59 Å². The number of hydrogen-bond donors (Lipinski definition) is 2. The predicted molar refractivity (Wildman–Crippen MR) is 162 cm³/mol. The smallest absolute Gasteiger partial charge is 0.408 e. The molecule has 12 nitrogen and oxygen atoms in total. The first-order valence-electron chi connectivity index (χ1n) is 13.5. The number of rotatable bonds is 9. The highest BCUT2D eigenvalue weighted by atomic mass is 32.1. The fraction of sp³-hybridized carbons (Fsp3) is 0.586. The zero-order valence-corrected chi connectivity index (χ0v) is 26.9. The van der Waals surface area contributed by atoms with Crippen LogP contribution in [0.25, 0.3) is 0 Å². The molecule has 2 rings (SSSR count). The number of carbonyl (C=O) groups is 2. The van der Waals surface area contributed by atoms with E-state index in [9.17, 15) is 29.8 Å². The lowest BCUT2D eigenvalue weighted by Crippen LogP contribution is -2.50. The Morgan fingerprint density at radius 3 is 1.62 bits per heavy atom. The fourth-order valence-corrected chi connectivity index (χ4v) is 4.43. The first-order valence-corrected chi connectivity index (χ1v) is 14.4. The molecule has 0 bridgehead atoms. The van der Waals surface area contributed by atoms with Gasteiger partial charge >= 0.3 is 12.2 Å². The molecule has 1 aromatic heterocycles. The Morgan fingerprint density at radius 1 is 0.786 bits per heavy atom. The number of nitrogens with one attached hydrogen (secondary N) is 2. The van der Waals surface area contributed by atoms with E-state index in [1.54, 1.807) is 84.2 Å². The van der Waals surface area contributed by atoms with Crippen molar-refractivity contribution in [3.63, 3.8) is 0 Å². The van der Waals surface area contributed by atoms with Crippen molar-refractivity contribution in [2.75, 3.05) is 0 Å². The van der Waals surface area contributed by atoms with Crippen molar-refractivity contribution < 1.29 is 28.9 Å². The lowest BCUT2D eigenvalue weighted by atomic mass is 9.85. The summed E-state index contributed by atoms with van der Waals surface area (Å²) in [4.78, 5) is 46.0. The number of benzene rings is 1. The molecule has 234 valence electrons. The molecule has 0 aliphatic heterocycles. The van der Waals surface area contributed by atoms with E-state index in [0.29, 0.717) is 11.1 Å². The zero-order valence-electron chi connectivity index (χ0n) is 26.0. The van der Waals surface area contributed by atoms with Gasteiger partial charge in [0.15, 0.2) is 0 Å². The topological polar surface area (TPSA) is 163 Å². The highest BCUT2D eigenvalue weighted by molar-refractivity contribution is 7.08. The van der Waals surface area contributed by atoms with Crippen molar-refractivity contribution in [3.05, 3.63) is 78.5 Å². The SMILES string of the molecule is CC(C)(C)OC(=O)NC(c1ccsc1)C(C)(C)[N+](=O)[O-].CC[C@](C)(C(NC(=O)OC(C)(C)C)c1ccccc1)[N+](=O)[O-]. The lowest BCUT2D eigenvalue weighted by molar-refractivity contribution is -0.572. The summed E-state index contributed by atoms with van der Waals surface area (Å²) < 4.78 is 10.4. The van der Waals surface area contributed by atoms with Gasteiger partial charge in [-0.3, -0.25) is 20.2 Å². The second-order valence-electron chi connectivity index (χ2n) is 12.5. The maximum atomic E-state index is 12.1. The summed E-state index contributed by atoms with van der Waals surface area (Å²) >= 11 is 1.42. The number of alkyl carbamates (subject to hydrolysis) is 2. The number of ether oxygens (including phenoxy) is 2. The van der Waals surface area contributed by atoms with Gasteiger partial charge in [0.1, 0.15) is 23.3 Å². The molecule has 0 aliphatic rings. The van der Waals surface area contributed by atoms with E-state index in [2.05, 4.69) is 10.6 Å². The molecule has 1 heterocycles. The minimum absolute atomic E-state index is 0.273.